The van der Waals surface area contributed by atoms with E-state index in [0.29, 0.717) is 35.2 Å². The molecule has 8 aromatic rings. The van der Waals surface area contributed by atoms with Gasteiger partial charge in [-0.3, -0.25) is 0 Å². The zero-order valence-electron chi connectivity index (χ0n) is 41.5. The number of rotatable bonds is 10. The Hall–Kier alpha value is -5.41. The van der Waals surface area contributed by atoms with Gasteiger partial charge in [-0.05, 0) is 128 Å². The molecule has 342 valence electrons. The molecule has 2 nitrogen and oxygen atoms in total. The van der Waals surface area contributed by atoms with E-state index in [9.17, 15) is 10.2 Å². The average molecular weight is 919 g/mol. The van der Waals surface area contributed by atoms with E-state index in [-0.39, 0.29) is 47.4 Å². The summed E-state index contributed by atoms with van der Waals surface area (Å²) >= 11 is 0. The molecular formula is C64H70O2Ti. The van der Waals surface area contributed by atoms with Crippen LogP contribution in [0.25, 0.3) is 66.1 Å². The SMILES string of the molecule is CC(C)CC1(CC(C)C)c2ccccc2-c2ccc(-c3ccc4ccccc4c3O)cc21.CC(C)CC1(CC(C)C)c2ccccc2-c2ccc(-c3ccc4ccccc4c3O)cc21.[CH3-].[CH3-].[Ti+2]. The maximum Gasteiger partial charge on any atom is 2.00 e. The van der Waals surface area contributed by atoms with Crippen molar-refractivity contribution >= 4 is 21.5 Å². The first-order chi connectivity index (χ1) is 30.8. The van der Waals surface area contributed by atoms with Gasteiger partial charge in [-0.1, -0.05) is 201 Å². The van der Waals surface area contributed by atoms with E-state index in [2.05, 4.69) is 177 Å². The third kappa shape index (κ3) is 9.17. The van der Waals surface area contributed by atoms with Gasteiger partial charge in [0.1, 0.15) is 11.5 Å². The second kappa shape index (κ2) is 20.4. The van der Waals surface area contributed by atoms with Gasteiger partial charge in [-0.25, -0.2) is 0 Å². The zero-order valence-corrected chi connectivity index (χ0v) is 43.1. The van der Waals surface area contributed by atoms with Gasteiger partial charge in [0, 0.05) is 32.7 Å². The Morgan fingerprint density at radius 1 is 0.343 bits per heavy atom. The van der Waals surface area contributed by atoms with Crippen LogP contribution >= 0.6 is 0 Å². The standard InChI is InChI=1S/2C31H32O.2CH3.Ti/c2*1-20(2)18-31(19-21(3)4)28-12-8-7-11-26(28)27-16-14-23(17-29(27)31)25-15-13-22-9-5-6-10-24(22)30(25)32;;;/h2*5-17,20-21,32H,18-19H2,1-4H3;2*1H3;/q;;2*-1;+2. The Kier molecular flexibility index (Phi) is 15.6. The number of fused-ring (bicyclic) bond motifs is 8. The molecule has 67 heavy (non-hydrogen) atoms. The minimum absolute atomic E-state index is 0. The van der Waals surface area contributed by atoms with Crippen LogP contribution in [0.1, 0.15) is 103 Å². The van der Waals surface area contributed by atoms with Crippen molar-refractivity contribution < 1.29 is 31.9 Å². The summed E-state index contributed by atoms with van der Waals surface area (Å²) in [4.78, 5) is 0. The van der Waals surface area contributed by atoms with Crippen LogP contribution in [0.5, 0.6) is 11.5 Å². The molecule has 0 aliphatic heterocycles. The van der Waals surface area contributed by atoms with E-state index in [1.165, 1.54) is 44.5 Å². The maximum absolute atomic E-state index is 11.1. The van der Waals surface area contributed by atoms with Crippen molar-refractivity contribution in [3.63, 3.8) is 0 Å². The van der Waals surface area contributed by atoms with Crippen molar-refractivity contribution in [1.82, 2.24) is 0 Å². The zero-order chi connectivity index (χ0) is 44.9. The Labute approximate surface area is 417 Å². The van der Waals surface area contributed by atoms with E-state index in [0.717, 1.165) is 69.5 Å². The van der Waals surface area contributed by atoms with Gasteiger partial charge in [0.25, 0.3) is 0 Å². The van der Waals surface area contributed by atoms with E-state index in [1.54, 1.807) is 0 Å². The second-order valence-electron chi connectivity index (χ2n) is 20.5. The third-order valence-corrected chi connectivity index (χ3v) is 14.0. The van der Waals surface area contributed by atoms with Crippen molar-refractivity contribution in [3.05, 3.63) is 195 Å². The Morgan fingerprint density at radius 2 is 0.642 bits per heavy atom. The quantitative estimate of drug-likeness (QED) is 0.106. The van der Waals surface area contributed by atoms with Gasteiger partial charge in [0.05, 0.1) is 0 Å². The largest absolute Gasteiger partial charge is 2.00 e. The van der Waals surface area contributed by atoms with Crippen LogP contribution in [0.4, 0.5) is 0 Å². The summed E-state index contributed by atoms with van der Waals surface area (Å²) in [5.41, 5.74) is 15.3. The minimum atomic E-state index is 0. The molecule has 0 spiro atoms. The van der Waals surface area contributed by atoms with Gasteiger partial charge < -0.3 is 25.1 Å². The molecular weight excluding hydrogens is 849 g/mol. The number of aromatic hydroxyl groups is 2. The van der Waals surface area contributed by atoms with E-state index in [1.807, 2.05) is 36.4 Å². The van der Waals surface area contributed by atoms with Gasteiger partial charge in [-0.15, -0.1) is 0 Å². The summed E-state index contributed by atoms with van der Waals surface area (Å²) in [5.74, 6) is 3.10. The molecule has 0 aromatic heterocycles. The van der Waals surface area contributed by atoms with Crippen LogP contribution in [0.15, 0.2) is 158 Å². The van der Waals surface area contributed by atoms with Crippen molar-refractivity contribution in [1.29, 1.82) is 0 Å². The van der Waals surface area contributed by atoms with Gasteiger partial charge in [-0.2, -0.15) is 0 Å². The van der Waals surface area contributed by atoms with Crippen LogP contribution in [0, 0.1) is 38.5 Å². The number of phenolic OH excluding ortho intramolecular Hbond substituents is 2. The molecule has 0 saturated heterocycles. The van der Waals surface area contributed by atoms with Crippen LogP contribution in [-0.4, -0.2) is 10.2 Å². The molecule has 0 saturated carbocycles. The monoisotopic (exact) mass is 918 g/mol. The smallest absolute Gasteiger partial charge is 0.507 e. The van der Waals surface area contributed by atoms with Crippen LogP contribution in [-0.2, 0) is 32.5 Å². The predicted octanol–water partition coefficient (Wildman–Crippen LogP) is 18.0. The normalized spacial score (nSPS) is 13.6. The number of hydrogen-bond donors (Lipinski definition) is 2. The fraction of sp³-hybridized carbons (Fsp3) is 0.281. The molecule has 0 radical (unpaired) electrons. The molecule has 0 fully saturated rings. The topological polar surface area (TPSA) is 40.5 Å². The summed E-state index contributed by atoms with van der Waals surface area (Å²) in [5, 5.41) is 26.2. The van der Waals surface area contributed by atoms with E-state index in [4.69, 9.17) is 0 Å². The first kappa shape index (κ1) is 51.0. The van der Waals surface area contributed by atoms with Crippen LogP contribution in [0.2, 0.25) is 0 Å². The van der Waals surface area contributed by atoms with Crippen molar-refractivity contribution in [2.45, 2.75) is 91.9 Å². The average Bonchev–Trinajstić information content (AvgIpc) is 3.68. The molecule has 10 rings (SSSR count). The van der Waals surface area contributed by atoms with E-state index >= 15 is 0 Å². The molecule has 2 aliphatic rings. The fourth-order valence-corrected chi connectivity index (χ4v) is 12.1. The molecule has 0 heterocycles. The molecule has 0 atom stereocenters. The number of phenols is 2. The first-order valence-corrected chi connectivity index (χ1v) is 23.7. The van der Waals surface area contributed by atoms with Gasteiger partial charge in [0.15, 0.2) is 0 Å². The van der Waals surface area contributed by atoms with Gasteiger partial charge in [0.2, 0.25) is 0 Å². The summed E-state index contributed by atoms with van der Waals surface area (Å²) < 4.78 is 0. The molecule has 0 unspecified atom stereocenters. The van der Waals surface area contributed by atoms with Gasteiger partial charge >= 0.3 is 21.7 Å². The predicted molar refractivity (Wildman–Crippen MR) is 285 cm³/mol. The molecule has 2 N–H and O–H groups in total. The first-order valence-electron chi connectivity index (χ1n) is 23.7. The second-order valence-corrected chi connectivity index (χ2v) is 20.5. The molecule has 2 aliphatic carbocycles. The minimum Gasteiger partial charge on any atom is -0.507 e. The summed E-state index contributed by atoms with van der Waals surface area (Å²) in [6, 6.07) is 56.0. The van der Waals surface area contributed by atoms with Crippen LogP contribution in [0.3, 0.4) is 0 Å². The number of benzene rings is 8. The number of hydrogen-bond acceptors (Lipinski definition) is 2. The third-order valence-electron chi connectivity index (χ3n) is 14.0. The van der Waals surface area contributed by atoms with Crippen molar-refractivity contribution in [3.8, 4) is 56.0 Å². The van der Waals surface area contributed by atoms with Crippen LogP contribution < -0.4 is 0 Å². The summed E-state index contributed by atoms with van der Waals surface area (Å²) in [7, 11) is 0. The molecule has 0 amide bonds. The summed E-state index contributed by atoms with van der Waals surface area (Å²) in [6.45, 7) is 18.7. The van der Waals surface area contributed by atoms with E-state index < -0.39 is 0 Å². The van der Waals surface area contributed by atoms with Crippen molar-refractivity contribution in [2.24, 2.45) is 23.7 Å². The fourth-order valence-electron chi connectivity index (χ4n) is 12.1. The molecule has 3 heteroatoms. The Bertz CT molecular complexity index is 2780. The summed E-state index contributed by atoms with van der Waals surface area (Å²) in [6.07, 6.45) is 4.51. The maximum atomic E-state index is 11.1. The Balaban J connectivity index is 0.000000212. The molecule has 0 bridgehead atoms. The Morgan fingerprint density at radius 3 is 1.00 bits per heavy atom. The van der Waals surface area contributed by atoms with Crippen molar-refractivity contribution in [2.75, 3.05) is 0 Å². The molecule has 8 aromatic carbocycles.